The van der Waals surface area contributed by atoms with E-state index in [0.717, 1.165) is 36.3 Å². The molecular weight excluding hydrogens is 252 g/mol. The quantitative estimate of drug-likeness (QED) is 0.781. The number of benzene rings is 1. The van der Waals surface area contributed by atoms with Gasteiger partial charge in [-0.1, -0.05) is 17.9 Å². The van der Waals surface area contributed by atoms with Gasteiger partial charge in [0.15, 0.2) is 0 Å². The predicted octanol–water partition coefficient (Wildman–Crippen LogP) is 1.17. The lowest BCUT2D eigenvalue weighted by atomic mass is 10.0. The van der Waals surface area contributed by atoms with Gasteiger partial charge in [0.25, 0.3) is 5.91 Å². The molecule has 1 aromatic carbocycles. The molecule has 106 valence electrons. The Kier molecular flexibility index (Phi) is 5.16. The SMILES string of the molecule is Cc1ccc(C#CCN)cc1C(=O)N1CCCOCC1. The zero-order chi connectivity index (χ0) is 14.4. The second-order valence-corrected chi connectivity index (χ2v) is 4.79. The normalized spacial score (nSPS) is 15.2. The average molecular weight is 272 g/mol. The lowest BCUT2D eigenvalue weighted by molar-refractivity contribution is 0.0740. The largest absolute Gasteiger partial charge is 0.380 e. The molecule has 0 aliphatic carbocycles. The van der Waals surface area contributed by atoms with Crippen LogP contribution in [0.4, 0.5) is 0 Å². The molecule has 0 atom stereocenters. The molecule has 1 amide bonds. The number of ether oxygens (including phenoxy) is 1. The van der Waals surface area contributed by atoms with E-state index in [1.54, 1.807) is 0 Å². The molecule has 2 rings (SSSR count). The summed E-state index contributed by atoms with van der Waals surface area (Å²) in [7, 11) is 0. The van der Waals surface area contributed by atoms with Gasteiger partial charge in [-0.15, -0.1) is 0 Å². The van der Waals surface area contributed by atoms with Crippen molar-refractivity contribution < 1.29 is 9.53 Å². The maximum Gasteiger partial charge on any atom is 0.254 e. The Labute approximate surface area is 119 Å². The van der Waals surface area contributed by atoms with Crippen molar-refractivity contribution in [2.24, 2.45) is 5.73 Å². The van der Waals surface area contributed by atoms with Crippen LogP contribution in [0, 0.1) is 18.8 Å². The second-order valence-electron chi connectivity index (χ2n) is 4.79. The molecule has 1 aromatic rings. The summed E-state index contributed by atoms with van der Waals surface area (Å²) < 4.78 is 5.39. The fraction of sp³-hybridized carbons (Fsp3) is 0.438. The van der Waals surface area contributed by atoms with E-state index in [2.05, 4.69) is 11.8 Å². The first kappa shape index (κ1) is 14.6. The van der Waals surface area contributed by atoms with E-state index in [9.17, 15) is 4.79 Å². The molecule has 1 aliphatic rings. The van der Waals surface area contributed by atoms with E-state index in [1.807, 2.05) is 30.0 Å². The molecule has 4 nitrogen and oxygen atoms in total. The van der Waals surface area contributed by atoms with Crippen molar-refractivity contribution in [2.75, 3.05) is 32.8 Å². The minimum absolute atomic E-state index is 0.0596. The Morgan fingerprint density at radius 2 is 2.25 bits per heavy atom. The van der Waals surface area contributed by atoms with Gasteiger partial charge in [0, 0.05) is 30.8 Å². The summed E-state index contributed by atoms with van der Waals surface area (Å²) in [5.74, 6) is 5.84. The maximum atomic E-state index is 12.6. The van der Waals surface area contributed by atoms with Crippen LogP contribution >= 0.6 is 0 Å². The number of nitrogens with two attached hydrogens (primary N) is 1. The van der Waals surface area contributed by atoms with Crippen molar-refractivity contribution >= 4 is 5.91 Å². The van der Waals surface area contributed by atoms with Gasteiger partial charge in [-0.3, -0.25) is 4.79 Å². The maximum absolute atomic E-state index is 12.6. The zero-order valence-electron chi connectivity index (χ0n) is 11.8. The monoisotopic (exact) mass is 272 g/mol. The molecule has 1 aliphatic heterocycles. The summed E-state index contributed by atoms with van der Waals surface area (Å²) in [6, 6.07) is 5.70. The second kappa shape index (κ2) is 7.09. The van der Waals surface area contributed by atoms with Crippen LogP contribution in [0.1, 0.15) is 27.9 Å². The van der Waals surface area contributed by atoms with Gasteiger partial charge in [-0.25, -0.2) is 0 Å². The van der Waals surface area contributed by atoms with E-state index in [1.165, 1.54) is 0 Å². The summed E-state index contributed by atoms with van der Waals surface area (Å²) in [4.78, 5) is 14.5. The first-order chi connectivity index (χ1) is 9.72. The highest BCUT2D eigenvalue weighted by Gasteiger charge is 2.19. The number of carbonyl (C=O) groups is 1. The standard InChI is InChI=1S/C16H20N2O2/c1-13-5-6-14(4-2-7-17)12-15(13)16(19)18-8-3-10-20-11-9-18/h5-6,12H,3,7-11,17H2,1H3. The third-order valence-electron chi connectivity index (χ3n) is 3.31. The summed E-state index contributed by atoms with van der Waals surface area (Å²) in [6.07, 6.45) is 0.886. The van der Waals surface area contributed by atoms with Crippen LogP contribution in [0.5, 0.6) is 0 Å². The number of rotatable bonds is 1. The van der Waals surface area contributed by atoms with Crippen LogP contribution in [-0.4, -0.2) is 43.7 Å². The molecule has 2 N–H and O–H groups in total. The molecule has 0 aromatic heterocycles. The number of carbonyl (C=O) groups excluding carboxylic acids is 1. The Morgan fingerprint density at radius 3 is 3.05 bits per heavy atom. The van der Waals surface area contributed by atoms with Crippen LogP contribution in [0.2, 0.25) is 0 Å². The molecule has 4 heteroatoms. The van der Waals surface area contributed by atoms with Gasteiger partial charge in [-0.2, -0.15) is 0 Å². The van der Waals surface area contributed by atoms with Crippen LogP contribution < -0.4 is 5.73 Å². The first-order valence-corrected chi connectivity index (χ1v) is 6.89. The van der Waals surface area contributed by atoms with Gasteiger partial charge in [0.05, 0.1) is 13.2 Å². The number of hydrogen-bond donors (Lipinski definition) is 1. The molecule has 0 spiro atoms. The molecular formula is C16H20N2O2. The van der Waals surface area contributed by atoms with Gasteiger partial charge >= 0.3 is 0 Å². The Hall–Kier alpha value is -1.83. The zero-order valence-corrected chi connectivity index (χ0v) is 11.8. The van der Waals surface area contributed by atoms with E-state index < -0.39 is 0 Å². The molecule has 0 bridgehead atoms. The van der Waals surface area contributed by atoms with Crippen molar-refractivity contribution in [2.45, 2.75) is 13.3 Å². The Bertz CT molecular complexity index is 535. The number of aryl methyl sites for hydroxylation is 1. The van der Waals surface area contributed by atoms with E-state index in [4.69, 9.17) is 10.5 Å². The molecule has 0 saturated carbocycles. The van der Waals surface area contributed by atoms with Crippen LogP contribution in [0.25, 0.3) is 0 Å². The highest BCUT2D eigenvalue weighted by Crippen LogP contribution is 2.14. The van der Waals surface area contributed by atoms with Crippen LogP contribution in [0.3, 0.4) is 0 Å². The fourth-order valence-electron chi connectivity index (χ4n) is 2.20. The lowest BCUT2D eigenvalue weighted by Crippen LogP contribution is -2.33. The van der Waals surface area contributed by atoms with Crippen LogP contribution in [0.15, 0.2) is 18.2 Å². The summed E-state index contributed by atoms with van der Waals surface area (Å²) in [5.41, 5.74) is 7.89. The summed E-state index contributed by atoms with van der Waals surface area (Å²) in [6.45, 7) is 5.00. The van der Waals surface area contributed by atoms with Crippen molar-refractivity contribution in [3.05, 3.63) is 34.9 Å². The molecule has 1 saturated heterocycles. The third kappa shape index (κ3) is 3.60. The van der Waals surface area contributed by atoms with Crippen molar-refractivity contribution in [1.29, 1.82) is 0 Å². The van der Waals surface area contributed by atoms with E-state index >= 15 is 0 Å². The third-order valence-corrected chi connectivity index (χ3v) is 3.31. The smallest absolute Gasteiger partial charge is 0.254 e. The number of nitrogens with zero attached hydrogens (tertiary/aromatic N) is 1. The highest BCUT2D eigenvalue weighted by atomic mass is 16.5. The molecule has 1 fully saturated rings. The topological polar surface area (TPSA) is 55.6 Å². The molecule has 1 heterocycles. The average Bonchev–Trinajstić information content (AvgIpc) is 2.75. The molecule has 20 heavy (non-hydrogen) atoms. The summed E-state index contributed by atoms with van der Waals surface area (Å²) >= 11 is 0. The van der Waals surface area contributed by atoms with E-state index in [0.29, 0.717) is 19.7 Å². The van der Waals surface area contributed by atoms with Crippen molar-refractivity contribution in [1.82, 2.24) is 4.90 Å². The van der Waals surface area contributed by atoms with Gasteiger partial charge in [0.2, 0.25) is 0 Å². The summed E-state index contributed by atoms with van der Waals surface area (Å²) in [5, 5.41) is 0. The minimum atomic E-state index is 0.0596. The fourth-order valence-corrected chi connectivity index (χ4v) is 2.20. The highest BCUT2D eigenvalue weighted by molar-refractivity contribution is 5.96. The predicted molar refractivity (Wildman–Crippen MR) is 78.5 cm³/mol. The molecule has 0 radical (unpaired) electrons. The Balaban J connectivity index is 2.23. The van der Waals surface area contributed by atoms with E-state index in [-0.39, 0.29) is 5.91 Å². The number of amides is 1. The lowest BCUT2D eigenvalue weighted by Gasteiger charge is -2.20. The van der Waals surface area contributed by atoms with Gasteiger partial charge in [0.1, 0.15) is 0 Å². The first-order valence-electron chi connectivity index (χ1n) is 6.89. The number of hydrogen-bond acceptors (Lipinski definition) is 3. The van der Waals surface area contributed by atoms with Crippen LogP contribution in [-0.2, 0) is 4.74 Å². The van der Waals surface area contributed by atoms with Crippen molar-refractivity contribution in [3.63, 3.8) is 0 Å². The minimum Gasteiger partial charge on any atom is -0.380 e. The van der Waals surface area contributed by atoms with Gasteiger partial charge < -0.3 is 15.4 Å². The molecule has 0 unspecified atom stereocenters. The van der Waals surface area contributed by atoms with Crippen molar-refractivity contribution in [3.8, 4) is 11.8 Å². The van der Waals surface area contributed by atoms with Gasteiger partial charge in [-0.05, 0) is 31.0 Å². The Morgan fingerprint density at radius 1 is 1.40 bits per heavy atom.